The average Bonchev–Trinajstić information content (AvgIpc) is 2.98. The van der Waals surface area contributed by atoms with Gasteiger partial charge in [-0.2, -0.15) is 10.5 Å². The van der Waals surface area contributed by atoms with Gasteiger partial charge in [-0.1, -0.05) is 48.6 Å². The van der Waals surface area contributed by atoms with Gasteiger partial charge in [0.15, 0.2) is 0 Å². The van der Waals surface area contributed by atoms with Gasteiger partial charge in [-0.05, 0) is 97.3 Å². The van der Waals surface area contributed by atoms with Crippen LogP contribution in [-0.4, -0.2) is 13.2 Å². The first kappa shape index (κ1) is 26.8. The van der Waals surface area contributed by atoms with E-state index in [2.05, 4.69) is 59.5 Å². The first-order valence-electron chi connectivity index (χ1n) is 12.8. The molecule has 0 aliphatic heterocycles. The SMILES string of the molecule is CCOc1ccc(N(c2ccc(C=Cc3ccc(C=C(C#N)C#N)cc3)cc2)c2ccc(OCC)cc2)cc1. The molecule has 0 fully saturated rings. The van der Waals surface area contributed by atoms with E-state index in [1.54, 1.807) is 6.08 Å². The van der Waals surface area contributed by atoms with Crippen molar-refractivity contribution in [3.8, 4) is 23.6 Å². The first-order chi connectivity index (χ1) is 19.1. The van der Waals surface area contributed by atoms with E-state index in [4.69, 9.17) is 20.0 Å². The second-order valence-corrected chi connectivity index (χ2v) is 8.56. The van der Waals surface area contributed by atoms with Gasteiger partial charge in [0, 0.05) is 17.1 Å². The molecular formula is C34H29N3O2. The molecule has 0 unspecified atom stereocenters. The third kappa shape index (κ3) is 7.16. The van der Waals surface area contributed by atoms with Crippen molar-refractivity contribution < 1.29 is 9.47 Å². The predicted octanol–water partition coefficient (Wildman–Crippen LogP) is 8.55. The summed E-state index contributed by atoms with van der Waals surface area (Å²) >= 11 is 0. The molecule has 0 amide bonds. The Balaban J connectivity index is 1.57. The minimum absolute atomic E-state index is 0.0860. The summed E-state index contributed by atoms with van der Waals surface area (Å²) in [6, 6.07) is 36.0. The van der Waals surface area contributed by atoms with Gasteiger partial charge in [0.25, 0.3) is 0 Å². The highest BCUT2D eigenvalue weighted by molar-refractivity contribution is 5.78. The summed E-state index contributed by atoms with van der Waals surface area (Å²) in [5, 5.41) is 17.9. The molecule has 5 nitrogen and oxygen atoms in total. The van der Waals surface area contributed by atoms with Crippen molar-refractivity contribution in [2.24, 2.45) is 0 Å². The van der Waals surface area contributed by atoms with Gasteiger partial charge in [-0.3, -0.25) is 0 Å². The Kier molecular flexibility index (Phi) is 9.16. The summed E-state index contributed by atoms with van der Waals surface area (Å²) < 4.78 is 11.3. The lowest BCUT2D eigenvalue weighted by Crippen LogP contribution is -2.10. The van der Waals surface area contributed by atoms with E-state index in [1.165, 1.54) is 0 Å². The Bertz CT molecular complexity index is 1440. The van der Waals surface area contributed by atoms with E-state index in [-0.39, 0.29) is 5.57 Å². The lowest BCUT2D eigenvalue weighted by molar-refractivity contribution is 0.340. The summed E-state index contributed by atoms with van der Waals surface area (Å²) in [5.41, 5.74) is 6.07. The van der Waals surface area contributed by atoms with Crippen LogP contribution in [-0.2, 0) is 0 Å². The van der Waals surface area contributed by atoms with Crippen LogP contribution in [0, 0.1) is 22.7 Å². The molecule has 39 heavy (non-hydrogen) atoms. The fourth-order valence-corrected chi connectivity index (χ4v) is 4.05. The molecule has 4 aromatic rings. The number of nitriles is 2. The molecule has 0 saturated carbocycles. The third-order valence-electron chi connectivity index (χ3n) is 5.92. The van der Waals surface area contributed by atoms with Crippen molar-refractivity contribution >= 4 is 35.3 Å². The van der Waals surface area contributed by atoms with Crippen LogP contribution in [0.4, 0.5) is 17.1 Å². The van der Waals surface area contributed by atoms with Crippen LogP contribution in [0.5, 0.6) is 11.5 Å². The highest BCUT2D eigenvalue weighted by atomic mass is 16.5. The van der Waals surface area contributed by atoms with Crippen molar-refractivity contribution in [3.63, 3.8) is 0 Å². The fourth-order valence-electron chi connectivity index (χ4n) is 4.05. The zero-order valence-electron chi connectivity index (χ0n) is 22.0. The second kappa shape index (κ2) is 13.3. The summed E-state index contributed by atoms with van der Waals surface area (Å²) in [4.78, 5) is 2.20. The number of rotatable bonds is 10. The van der Waals surface area contributed by atoms with Crippen LogP contribution in [0.2, 0.25) is 0 Å². The Morgan fingerprint density at radius 2 is 0.949 bits per heavy atom. The summed E-state index contributed by atoms with van der Waals surface area (Å²) in [6.07, 6.45) is 5.67. The summed E-state index contributed by atoms with van der Waals surface area (Å²) in [6.45, 7) is 5.21. The third-order valence-corrected chi connectivity index (χ3v) is 5.92. The molecule has 5 heteroatoms. The largest absolute Gasteiger partial charge is 0.494 e. The zero-order chi connectivity index (χ0) is 27.5. The molecule has 0 spiro atoms. The molecule has 192 valence electrons. The Morgan fingerprint density at radius 3 is 1.33 bits per heavy atom. The number of hydrogen-bond acceptors (Lipinski definition) is 5. The monoisotopic (exact) mass is 511 g/mol. The summed E-state index contributed by atoms with van der Waals surface area (Å²) in [5.74, 6) is 1.68. The molecule has 4 rings (SSSR count). The van der Waals surface area contributed by atoms with Gasteiger partial charge in [-0.25, -0.2) is 0 Å². The molecule has 0 aliphatic carbocycles. The number of anilines is 3. The standard InChI is InChI=1S/C34H29N3O2/c1-3-38-33-19-15-31(16-20-33)37(32-17-21-34(22-18-32)39-4-2)30-13-11-27(12-14-30)6-5-26-7-9-28(10-8-26)23-29(24-35)25-36/h5-23H,3-4H2,1-2H3. The Hall–Kier alpha value is -5.26. The van der Waals surface area contributed by atoms with Gasteiger partial charge in [0.1, 0.15) is 29.2 Å². The topological polar surface area (TPSA) is 69.3 Å². The summed E-state index contributed by atoms with van der Waals surface area (Å²) in [7, 11) is 0. The molecule has 0 bridgehead atoms. The maximum absolute atomic E-state index is 8.93. The zero-order valence-corrected chi connectivity index (χ0v) is 22.0. The van der Waals surface area contributed by atoms with Crippen LogP contribution in [0.15, 0.2) is 103 Å². The molecule has 0 aliphatic rings. The Morgan fingerprint density at radius 1 is 0.590 bits per heavy atom. The number of benzene rings is 4. The van der Waals surface area contributed by atoms with Crippen molar-refractivity contribution in [1.29, 1.82) is 10.5 Å². The molecule has 0 saturated heterocycles. The van der Waals surface area contributed by atoms with Crippen LogP contribution < -0.4 is 14.4 Å². The molecule has 0 atom stereocenters. The van der Waals surface area contributed by atoms with Crippen molar-refractivity contribution in [2.75, 3.05) is 18.1 Å². The Labute approximate surface area is 230 Å². The molecular weight excluding hydrogens is 482 g/mol. The number of hydrogen-bond donors (Lipinski definition) is 0. The van der Waals surface area contributed by atoms with Gasteiger partial charge in [0.2, 0.25) is 0 Å². The van der Waals surface area contributed by atoms with Gasteiger partial charge < -0.3 is 14.4 Å². The van der Waals surface area contributed by atoms with E-state index in [0.29, 0.717) is 13.2 Å². The van der Waals surface area contributed by atoms with E-state index >= 15 is 0 Å². The van der Waals surface area contributed by atoms with Crippen LogP contribution in [0.1, 0.15) is 30.5 Å². The smallest absolute Gasteiger partial charge is 0.130 e. The fraction of sp³-hybridized carbons (Fsp3) is 0.118. The lowest BCUT2D eigenvalue weighted by Gasteiger charge is -2.26. The minimum Gasteiger partial charge on any atom is -0.494 e. The predicted molar refractivity (Wildman–Crippen MR) is 158 cm³/mol. The maximum Gasteiger partial charge on any atom is 0.130 e. The normalized spacial score (nSPS) is 10.4. The van der Waals surface area contributed by atoms with Gasteiger partial charge >= 0.3 is 0 Å². The molecule has 0 N–H and O–H groups in total. The van der Waals surface area contributed by atoms with E-state index in [9.17, 15) is 0 Å². The van der Waals surface area contributed by atoms with Crippen molar-refractivity contribution in [2.45, 2.75) is 13.8 Å². The van der Waals surface area contributed by atoms with E-state index in [1.807, 2.05) is 80.6 Å². The van der Waals surface area contributed by atoms with E-state index in [0.717, 1.165) is 45.3 Å². The molecule has 0 radical (unpaired) electrons. The van der Waals surface area contributed by atoms with Crippen molar-refractivity contribution in [1.82, 2.24) is 0 Å². The highest BCUT2D eigenvalue weighted by Crippen LogP contribution is 2.36. The maximum atomic E-state index is 8.93. The van der Waals surface area contributed by atoms with Crippen LogP contribution in [0.3, 0.4) is 0 Å². The second-order valence-electron chi connectivity index (χ2n) is 8.56. The molecule has 0 aromatic heterocycles. The van der Waals surface area contributed by atoms with Crippen LogP contribution in [0.25, 0.3) is 18.2 Å². The minimum atomic E-state index is 0.0860. The van der Waals surface area contributed by atoms with Crippen LogP contribution >= 0.6 is 0 Å². The van der Waals surface area contributed by atoms with Gasteiger partial charge in [0.05, 0.1) is 13.2 Å². The quantitative estimate of drug-likeness (QED) is 0.158. The lowest BCUT2D eigenvalue weighted by atomic mass is 10.1. The van der Waals surface area contributed by atoms with Gasteiger partial charge in [-0.15, -0.1) is 0 Å². The first-order valence-corrected chi connectivity index (χ1v) is 12.8. The van der Waals surface area contributed by atoms with E-state index < -0.39 is 0 Å². The number of allylic oxidation sites excluding steroid dienone is 1. The molecule has 4 aromatic carbocycles. The number of ether oxygens (including phenoxy) is 2. The highest BCUT2D eigenvalue weighted by Gasteiger charge is 2.13. The number of nitrogens with zero attached hydrogens (tertiary/aromatic N) is 3. The average molecular weight is 512 g/mol. The molecule has 0 heterocycles. The van der Waals surface area contributed by atoms with Crippen molar-refractivity contribution in [3.05, 3.63) is 119 Å².